The Morgan fingerprint density at radius 1 is 0.757 bits per heavy atom. The summed E-state index contributed by atoms with van der Waals surface area (Å²) in [5, 5.41) is 23.1. The fraction of sp³-hybridized carbons (Fsp3) is 0.241. The summed E-state index contributed by atoms with van der Waals surface area (Å²) in [6.45, 7) is 2.59. The average Bonchev–Trinajstić information content (AvgIpc) is 3.49. The van der Waals surface area contributed by atoms with E-state index in [-0.39, 0.29) is 5.56 Å². The Kier molecular flexibility index (Phi) is 7.55. The molecule has 3 aromatic carbocycles. The Morgan fingerprint density at radius 3 is 2.24 bits per heavy atom. The molecule has 0 saturated heterocycles. The van der Waals surface area contributed by atoms with Crippen molar-refractivity contribution in [2.75, 3.05) is 0 Å². The summed E-state index contributed by atoms with van der Waals surface area (Å²) < 4.78 is 1.80. The molecule has 0 atom stereocenters. The van der Waals surface area contributed by atoms with E-state index >= 15 is 0 Å². The lowest BCUT2D eigenvalue weighted by atomic mass is 9.98. The minimum absolute atomic E-state index is 0.0516. The molecule has 0 aliphatic heterocycles. The second-order valence-electron chi connectivity index (χ2n) is 9.04. The van der Waals surface area contributed by atoms with Crippen LogP contribution >= 0.6 is 0 Å². The number of aromatic nitrogens is 7. The van der Waals surface area contributed by atoms with Crippen LogP contribution in [0.2, 0.25) is 0 Å². The van der Waals surface area contributed by atoms with Crippen LogP contribution in [0.15, 0.2) is 83.7 Å². The van der Waals surface area contributed by atoms with Crippen LogP contribution in [-0.2, 0) is 25.8 Å². The number of nitrogens with one attached hydrogen (secondary N) is 1. The van der Waals surface area contributed by atoms with Crippen molar-refractivity contribution in [2.45, 2.75) is 45.6 Å². The molecule has 0 spiro atoms. The van der Waals surface area contributed by atoms with Crippen LogP contribution in [0.1, 0.15) is 42.4 Å². The highest BCUT2D eigenvalue weighted by atomic mass is 16.1. The van der Waals surface area contributed by atoms with E-state index < -0.39 is 0 Å². The Balaban J connectivity index is 1.41. The Labute approximate surface area is 215 Å². The molecule has 2 aromatic heterocycles. The van der Waals surface area contributed by atoms with Crippen molar-refractivity contribution < 1.29 is 0 Å². The van der Waals surface area contributed by atoms with Crippen LogP contribution in [-0.4, -0.2) is 35.4 Å². The van der Waals surface area contributed by atoms with Gasteiger partial charge in [0.15, 0.2) is 5.82 Å². The van der Waals surface area contributed by atoms with Gasteiger partial charge in [0.2, 0.25) is 0 Å². The zero-order valence-electron chi connectivity index (χ0n) is 20.8. The van der Waals surface area contributed by atoms with Crippen LogP contribution in [0, 0.1) is 0 Å². The van der Waals surface area contributed by atoms with Gasteiger partial charge in [-0.15, -0.1) is 15.3 Å². The standard InChI is InChI=1S/C29H29N7O/c1-2-3-13-27-31-30-26(19-16-21-9-5-4-6-10-21)29(37)36(27)20-22-14-17-23(18-15-22)24-11-7-8-12-25(24)28-32-34-35-33-28/h4-12,14-15,17-18H,2-3,13,16,19-20H2,1H3,(H,32,33,34,35). The zero-order valence-corrected chi connectivity index (χ0v) is 20.8. The first-order valence-electron chi connectivity index (χ1n) is 12.6. The highest BCUT2D eigenvalue weighted by Gasteiger charge is 2.14. The summed E-state index contributed by atoms with van der Waals surface area (Å²) >= 11 is 0. The zero-order chi connectivity index (χ0) is 25.5. The summed E-state index contributed by atoms with van der Waals surface area (Å²) in [4.78, 5) is 13.5. The Morgan fingerprint density at radius 2 is 1.51 bits per heavy atom. The van der Waals surface area contributed by atoms with Crippen molar-refractivity contribution in [2.24, 2.45) is 0 Å². The van der Waals surface area contributed by atoms with Gasteiger partial charge in [-0.1, -0.05) is 92.2 Å². The number of unbranched alkanes of at least 4 members (excludes halogenated alkanes) is 1. The van der Waals surface area contributed by atoms with Gasteiger partial charge in [-0.25, -0.2) is 5.10 Å². The number of H-pyrrole nitrogens is 1. The third kappa shape index (κ3) is 5.69. The smallest absolute Gasteiger partial charge is 0.275 e. The molecular weight excluding hydrogens is 462 g/mol. The SMILES string of the molecule is CCCCc1nnc(CCc2ccccc2)c(=O)n1Cc1ccc(-c2ccccc2-c2nnn[nH]2)cc1. The number of hydrogen-bond donors (Lipinski definition) is 1. The molecule has 1 N–H and O–H groups in total. The number of aromatic amines is 1. The van der Waals surface area contributed by atoms with Gasteiger partial charge in [0.25, 0.3) is 5.56 Å². The van der Waals surface area contributed by atoms with E-state index in [1.807, 2.05) is 42.5 Å². The van der Waals surface area contributed by atoms with Crippen molar-refractivity contribution in [1.29, 1.82) is 0 Å². The summed E-state index contributed by atoms with van der Waals surface area (Å²) in [7, 11) is 0. The van der Waals surface area contributed by atoms with Gasteiger partial charge in [0.1, 0.15) is 11.5 Å². The molecule has 2 heterocycles. The quantitative estimate of drug-likeness (QED) is 0.305. The van der Waals surface area contributed by atoms with Crippen LogP contribution in [0.25, 0.3) is 22.5 Å². The minimum Gasteiger partial charge on any atom is -0.289 e. The number of nitrogens with zero attached hydrogens (tertiary/aromatic N) is 6. The largest absolute Gasteiger partial charge is 0.289 e. The Bertz CT molecular complexity index is 1490. The lowest BCUT2D eigenvalue weighted by Crippen LogP contribution is -2.30. The second kappa shape index (κ2) is 11.5. The third-order valence-electron chi connectivity index (χ3n) is 6.47. The molecule has 37 heavy (non-hydrogen) atoms. The lowest BCUT2D eigenvalue weighted by molar-refractivity contribution is 0.595. The van der Waals surface area contributed by atoms with E-state index in [1.54, 1.807) is 4.57 Å². The van der Waals surface area contributed by atoms with Crippen LogP contribution in [0.4, 0.5) is 0 Å². The minimum atomic E-state index is -0.0516. The summed E-state index contributed by atoms with van der Waals surface area (Å²) in [5.41, 5.74) is 5.68. The molecule has 0 unspecified atom stereocenters. The van der Waals surface area contributed by atoms with E-state index in [0.29, 0.717) is 24.5 Å². The van der Waals surface area contributed by atoms with Gasteiger partial charge in [0.05, 0.1) is 6.54 Å². The predicted octanol–water partition coefficient (Wildman–Crippen LogP) is 4.66. The second-order valence-corrected chi connectivity index (χ2v) is 9.04. The molecule has 0 aliphatic rings. The first kappa shape index (κ1) is 24.2. The number of tetrazole rings is 1. The molecule has 5 aromatic rings. The molecule has 0 bridgehead atoms. The maximum absolute atomic E-state index is 13.5. The lowest BCUT2D eigenvalue weighted by Gasteiger charge is -2.14. The molecule has 0 amide bonds. The normalized spacial score (nSPS) is 11.1. The fourth-order valence-corrected chi connectivity index (χ4v) is 4.42. The van der Waals surface area contributed by atoms with Crippen LogP contribution in [0.3, 0.4) is 0 Å². The van der Waals surface area contributed by atoms with Crippen molar-refractivity contribution >= 4 is 0 Å². The van der Waals surface area contributed by atoms with Crippen molar-refractivity contribution in [3.63, 3.8) is 0 Å². The number of benzene rings is 3. The van der Waals surface area contributed by atoms with E-state index in [2.05, 4.69) is 74.1 Å². The van der Waals surface area contributed by atoms with Gasteiger partial charge in [-0.2, -0.15) is 0 Å². The highest BCUT2D eigenvalue weighted by molar-refractivity contribution is 5.80. The van der Waals surface area contributed by atoms with E-state index in [4.69, 9.17) is 0 Å². The van der Waals surface area contributed by atoms with E-state index in [1.165, 1.54) is 5.56 Å². The third-order valence-corrected chi connectivity index (χ3v) is 6.47. The van der Waals surface area contributed by atoms with Gasteiger partial charge < -0.3 is 0 Å². The van der Waals surface area contributed by atoms with Gasteiger partial charge in [-0.05, 0) is 45.5 Å². The Hall–Kier alpha value is -4.46. The van der Waals surface area contributed by atoms with Crippen molar-refractivity contribution in [3.05, 3.63) is 112 Å². The summed E-state index contributed by atoms with van der Waals surface area (Å²) in [6.07, 6.45) is 4.04. The van der Waals surface area contributed by atoms with Crippen LogP contribution < -0.4 is 5.56 Å². The van der Waals surface area contributed by atoms with Crippen molar-refractivity contribution in [1.82, 2.24) is 35.4 Å². The maximum atomic E-state index is 13.5. The molecule has 0 saturated carbocycles. The van der Waals surface area contributed by atoms with Gasteiger partial charge in [0, 0.05) is 18.4 Å². The molecule has 0 aliphatic carbocycles. The highest BCUT2D eigenvalue weighted by Crippen LogP contribution is 2.29. The molecule has 0 radical (unpaired) electrons. The number of rotatable bonds is 10. The predicted molar refractivity (Wildman–Crippen MR) is 143 cm³/mol. The molecule has 0 fully saturated rings. The van der Waals surface area contributed by atoms with Crippen LogP contribution in [0.5, 0.6) is 0 Å². The van der Waals surface area contributed by atoms with E-state index in [9.17, 15) is 4.79 Å². The molecule has 5 rings (SSSR count). The first-order chi connectivity index (χ1) is 18.2. The van der Waals surface area contributed by atoms with E-state index in [0.717, 1.165) is 53.8 Å². The summed E-state index contributed by atoms with van der Waals surface area (Å²) in [6, 6.07) is 26.4. The monoisotopic (exact) mass is 491 g/mol. The fourth-order valence-electron chi connectivity index (χ4n) is 4.42. The summed E-state index contributed by atoms with van der Waals surface area (Å²) in [5.74, 6) is 1.36. The molecule has 186 valence electrons. The number of aryl methyl sites for hydroxylation is 3. The average molecular weight is 492 g/mol. The first-order valence-corrected chi connectivity index (χ1v) is 12.6. The molecule has 8 nitrogen and oxygen atoms in total. The molecular formula is C29H29N7O. The molecule has 8 heteroatoms. The van der Waals surface area contributed by atoms with Crippen molar-refractivity contribution in [3.8, 4) is 22.5 Å². The number of hydrogen-bond acceptors (Lipinski definition) is 6. The van der Waals surface area contributed by atoms with Gasteiger partial charge >= 0.3 is 0 Å². The maximum Gasteiger partial charge on any atom is 0.275 e. The topological polar surface area (TPSA) is 102 Å². The van der Waals surface area contributed by atoms with Gasteiger partial charge in [-0.3, -0.25) is 9.36 Å².